The fraction of sp³-hybridized carbons (Fsp3) is 0.622. The Labute approximate surface area is 320 Å². The molecule has 2 aliphatic rings. The lowest BCUT2D eigenvalue weighted by molar-refractivity contribution is -0.161. The van der Waals surface area contributed by atoms with Crippen molar-refractivity contribution in [3.05, 3.63) is 46.5 Å². The first-order valence-electron chi connectivity index (χ1n) is 17.4. The van der Waals surface area contributed by atoms with Crippen LogP contribution in [0.2, 0.25) is 5.02 Å². The molecule has 15 heteroatoms. The number of allylic oxidation sites excluding steroid dienone is 3. The summed E-state index contributed by atoms with van der Waals surface area (Å²) in [5, 5.41) is 11.3. The first kappa shape index (κ1) is 43.7. The summed E-state index contributed by atoms with van der Waals surface area (Å²) in [5.74, 6) is -0.274. The third-order valence-corrected chi connectivity index (χ3v) is 12.5. The van der Waals surface area contributed by atoms with Gasteiger partial charge in [-0.2, -0.15) is 0 Å². The number of anilines is 1. The standard InChI is InChI=1S/C37H54ClN3O9S2/c1-22-10-9-11-28(47-7)27(42)13-12-23(2)35-37(4,50-35)30(21-33(45)41(6)26-19-25(18-22)20-29(48-8)34(26)38)49-36(46)24(3)40(5)32(44)15-17-52-51-16-14-31(39)43/h9-11,19-20,23-24,27-28,30,35,42H,12-18,21H2,1-8H3,(H2,39,43)/b11-9+,22-10+/t23-,24+,27?,28-,30+,35?,37+/m1/s1. The molecule has 52 heavy (non-hydrogen) atoms. The largest absolute Gasteiger partial charge is 0.495 e. The van der Waals surface area contributed by atoms with Gasteiger partial charge in [0, 0.05) is 45.6 Å². The molecule has 2 unspecified atom stereocenters. The molecular formula is C37H54ClN3O9S2. The molecule has 1 aromatic rings. The topological polar surface area (TPSA) is 161 Å². The molecule has 0 saturated carbocycles. The Bertz CT molecular complexity index is 1490. The van der Waals surface area contributed by atoms with Crippen molar-refractivity contribution in [1.29, 1.82) is 0 Å². The number of halogens is 1. The van der Waals surface area contributed by atoms with Crippen LogP contribution in [0.1, 0.15) is 65.4 Å². The first-order valence-corrected chi connectivity index (χ1v) is 20.2. The van der Waals surface area contributed by atoms with Gasteiger partial charge in [-0.15, -0.1) is 0 Å². The maximum Gasteiger partial charge on any atom is 0.328 e. The van der Waals surface area contributed by atoms with Crippen molar-refractivity contribution in [3.8, 4) is 5.75 Å². The van der Waals surface area contributed by atoms with Crippen LogP contribution in [0.25, 0.3) is 0 Å². The van der Waals surface area contributed by atoms with Crippen LogP contribution in [-0.2, 0) is 39.8 Å². The summed E-state index contributed by atoms with van der Waals surface area (Å²) in [6.45, 7) is 7.38. The molecule has 12 nitrogen and oxygen atoms in total. The number of hydrogen-bond acceptors (Lipinski definition) is 11. The molecule has 290 valence electrons. The molecule has 2 aliphatic heterocycles. The van der Waals surface area contributed by atoms with E-state index in [1.54, 1.807) is 21.1 Å². The number of amides is 3. The van der Waals surface area contributed by atoms with E-state index in [-0.39, 0.29) is 54.0 Å². The number of carbonyl (C=O) groups excluding carboxylic acids is 4. The summed E-state index contributed by atoms with van der Waals surface area (Å²) >= 11 is 6.75. The quantitative estimate of drug-likeness (QED) is 0.125. The first-order chi connectivity index (χ1) is 24.5. The highest BCUT2D eigenvalue weighted by atomic mass is 35.5. The lowest BCUT2D eigenvalue weighted by atomic mass is 9.87. The highest BCUT2D eigenvalue weighted by Gasteiger charge is 2.62. The molecular weight excluding hydrogens is 730 g/mol. The van der Waals surface area contributed by atoms with E-state index < -0.39 is 35.9 Å². The summed E-state index contributed by atoms with van der Waals surface area (Å²) in [5.41, 5.74) is 6.48. The monoisotopic (exact) mass is 783 g/mol. The van der Waals surface area contributed by atoms with Crippen molar-refractivity contribution in [1.82, 2.24) is 4.90 Å². The van der Waals surface area contributed by atoms with E-state index in [9.17, 15) is 24.3 Å². The Balaban J connectivity index is 1.88. The number of rotatable bonds is 12. The van der Waals surface area contributed by atoms with E-state index >= 15 is 0 Å². The number of ether oxygens (including phenoxy) is 4. The Kier molecular flexibility index (Phi) is 16.9. The van der Waals surface area contributed by atoms with Crippen LogP contribution in [0.15, 0.2) is 35.9 Å². The minimum absolute atomic E-state index is 0.0604. The number of methoxy groups -OCH3 is 2. The predicted molar refractivity (Wildman–Crippen MR) is 207 cm³/mol. The van der Waals surface area contributed by atoms with E-state index in [0.29, 0.717) is 42.2 Å². The van der Waals surface area contributed by atoms with E-state index in [0.717, 1.165) is 11.1 Å². The Hall–Kier alpha value is -2.75. The number of esters is 1. The average Bonchev–Trinajstić information content (AvgIpc) is 3.81. The van der Waals surface area contributed by atoms with Crippen molar-refractivity contribution in [2.45, 2.75) is 102 Å². The van der Waals surface area contributed by atoms with Gasteiger partial charge in [0.15, 0.2) is 0 Å². The maximum atomic E-state index is 14.0. The number of hydrogen-bond donors (Lipinski definition) is 2. The SMILES string of the molecule is COc1cc2cc(c1Cl)N(C)C(=O)C[C@H](OC(=O)[C@H](C)N(C)C(=O)CCSSCCC(N)=O)[C@]1(C)OC1[C@H](C)CCC(O)[C@H](OC)/C=C/C=C(\C)C2. The average molecular weight is 784 g/mol. The van der Waals surface area contributed by atoms with Crippen molar-refractivity contribution in [2.24, 2.45) is 11.7 Å². The van der Waals surface area contributed by atoms with Crippen LogP contribution < -0.4 is 15.4 Å². The molecule has 0 radical (unpaired) electrons. The second kappa shape index (κ2) is 20.1. The summed E-state index contributed by atoms with van der Waals surface area (Å²) in [7, 11) is 9.13. The van der Waals surface area contributed by atoms with Gasteiger partial charge in [-0.3, -0.25) is 14.4 Å². The van der Waals surface area contributed by atoms with Crippen LogP contribution in [0.3, 0.4) is 0 Å². The molecule has 1 saturated heterocycles. The molecule has 3 N–H and O–H groups in total. The van der Waals surface area contributed by atoms with Crippen LogP contribution in [0, 0.1) is 5.92 Å². The van der Waals surface area contributed by atoms with Crippen molar-refractivity contribution >= 4 is 62.6 Å². The predicted octanol–water partition coefficient (Wildman–Crippen LogP) is 5.12. The summed E-state index contributed by atoms with van der Waals surface area (Å²) in [6, 6.07) is 2.72. The lowest BCUT2D eigenvalue weighted by Crippen LogP contribution is -2.46. The van der Waals surface area contributed by atoms with Crippen molar-refractivity contribution in [2.75, 3.05) is 44.7 Å². The molecule has 1 aromatic carbocycles. The number of aliphatic hydroxyl groups is 1. The van der Waals surface area contributed by atoms with Gasteiger partial charge in [-0.05, 0) is 63.6 Å². The second-order valence-corrected chi connectivity index (χ2v) is 16.7. The summed E-state index contributed by atoms with van der Waals surface area (Å²) in [6.07, 6.45) is 4.77. The third kappa shape index (κ3) is 11.9. The molecule has 7 atom stereocenters. The van der Waals surface area contributed by atoms with Crippen LogP contribution >= 0.6 is 33.2 Å². The smallest absolute Gasteiger partial charge is 0.328 e. The van der Waals surface area contributed by atoms with Crippen LogP contribution in [0.4, 0.5) is 5.69 Å². The van der Waals surface area contributed by atoms with Crippen LogP contribution in [-0.4, -0.2) is 110 Å². The number of epoxide rings is 1. The van der Waals surface area contributed by atoms with Gasteiger partial charge in [0.05, 0.1) is 31.4 Å². The second-order valence-electron chi connectivity index (χ2n) is 13.6. The molecule has 0 aromatic heterocycles. The van der Waals surface area contributed by atoms with Gasteiger partial charge in [0.1, 0.15) is 34.6 Å². The van der Waals surface area contributed by atoms with E-state index in [1.165, 1.54) is 45.5 Å². The molecule has 0 aliphatic carbocycles. The fourth-order valence-corrected chi connectivity index (χ4v) is 8.40. The molecule has 1 fully saturated rings. The Morgan fingerprint density at radius 2 is 1.87 bits per heavy atom. The number of nitrogens with two attached hydrogens (primary N) is 1. The highest BCUT2D eigenvalue weighted by molar-refractivity contribution is 8.76. The van der Waals surface area contributed by atoms with Gasteiger partial charge in [-0.25, -0.2) is 4.79 Å². The van der Waals surface area contributed by atoms with Crippen LogP contribution in [0.5, 0.6) is 5.75 Å². The minimum Gasteiger partial charge on any atom is -0.495 e. The van der Waals surface area contributed by atoms with E-state index in [2.05, 4.69) is 0 Å². The van der Waals surface area contributed by atoms with Gasteiger partial charge >= 0.3 is 5.97 Å². The van der Waals surface area contributed by atoms with E-state index in [1.807, 2.05) is 51.1 Å². The third-order valence-electron chi connectivity index (χ3n) is 9.66. The molecule has 2 bridgehead atoms. The minimum atomic E-state index is -1.01. The van der Waals surface area contributed by atoms with E-state index in [4.69, 9.17) is 36.3 Å². The van der Waals surface area contributed by atoms with Crippen molar-refractivity contribution in [3.63, 3.8) is 0 Å². The number of benzene rings is 1. The molecule has 0 spiro atoms. The molecule has 3 rings (SSSR count). The zero-order valence-corrected chi connectivity index (χ0v) is 33.8. The van der Waals surface area contributed by atoms with Gasteiger partial charge in [-0.1, -0.05) is 63.9 Å². The highest BCUT2D eigenvalue weighted by Crippen LogP contribution is 2.48. The normalized spacial score (nSPS) is 27.8. The molecule has 2 heterocycles. The van der Waals surface area contributed by atoms with Gasteiger partial charge in [0.25, 0.3) is 0 Å². The van der Waals surface area contributed by atoms with Gasteiger partial charge in [0.2, 0.25) is 17.7 Å². The number of fused-ring (bicyclic) bond motifs is 3. The lowest BCUT2D eigenvalue weighted by Gasteiger charge is -2.29. The number of primary amides is 1. The van der Waals surface area contributed by atoms with Crippen molar-refractivity contribution < 1.29 is 43.2 Å². The maximum absolute atomic E-state index is 14.0. The number of carbonyl (C=O) groups is 4. The number of aliphatic hydroxyl groups excluding tert-OH is 1. The number of likely N-dealkylation sites (N-methyl/N-ethyl adjacent to an activating group) is 1. The number of nitrogens with zero attached hydrogens (tertiary/aromatic N) is 2. The molecule has 3 amide bonds. The Morgan fingerprint density at radius 3 is 2.50 bits per heavy atom. The fourth-order valence-electron chi connectivity index (χ4n) is 6.11. The summed E-state index contributed by atoms with van der Waals surface area (Å²) < 4.78 is 23.5. The Morgan fingerprint density at radius 1 is 1.19 bits per heavy atom. The summed E-state index contributed by atoms with van der Waals surface area (Å²) in [4.78, 5) is 54.4. The zero-order chi connectivity index (χ0) is 38.7. The van der Waals surface area contributed by atoms with Gasteiger partial charge < -0.3 is 39.6 Å². The zero-order valence-electron chi connectivity index (χ0n) is 31.4.